The van der Waals surface area contributed by atoms with Crippen LogP contribution in [0.3, 0.4) is 0 Å². The van der Waals surface area contributed by atoms with Gasteiger partial charge in [-0.1, -0.05) is 11.6 Å². The number of rotatable bonds is 5. The van der Waals surface area contributed by atoms with Crippen molar-refractivity contribution in [2.45, 2.75) is 0 Å². The van der Waals surface area contributed by atoms with Gasteiger partial charge in [-0.25, -0.2) is 0 Å². The molecule has 0 radical (unpaired) electrons. The number of carbonyl (C=O) groups is 1. The van der Waals surface area contributed by atoms with Crippen LogP contribution >= 0.6 is 11.6 Å². The second-order valence-corrected chi connectivity index (χ2v) is 4.84. The molecule has 2 aromatic rings. The van der Waals surface area contributed by atoms with Crippen molar-refractivity contribution in [3.8, 4) is 5.75 Å². The number of halogens is 1. The lowest BCUT2D eigenvalue weighted by atomic mass is 10.1. The van der Waals surface area contributed by atoms with Gasteiger partial charge in [0.15, 0.2) is 5.78 Å². The number of nitro groups is 1. The fraction of sp³-hybridized carbons (Fsp3) is 0.0667. The van der Waals surface area contributed by atoms with Crippen LogP contribution in [0.4, 0.5) is 5.69 Å². The summed E-state index contributed by atoms with van der Waals surface area (Å²) in [6.45, 7) is -0.135. The summed E-state index contributed by atoms with van der Waals surface area (Å²) >= 11 is 5.73. The van der Waals surface area contributed by atoms with E-state index in [1.165, 1.54) is 24.4 Å². The van der Waals surface area contributed by atoms with Gasteiger partial charge in [0.2, 0.25) is 0 Å². The lowest BCUT2D eigenvalue weighted by molar-refractivity contribution is -0.384. The number of aliphatic imine (C=N–C) groups is 1. The Bertz CT molecular complexity index is 742. The van der Waals surface area contributed by atoms with E-state index in [1.54, 1.807) is 24.3 Å². The Morgan fingerprint density at radius 3 is 2.59 bits per heavy atom. The molecular weight excluding hydrogens is 308 g/mol. The van der Waals surface area contributed by atoms with Crippen molar-refractivity contribution >= 4 is 29.3 Å². The van der Waals surface area contributed by atoms with Crippen molar-refractivity contribution in [1.29, 1.82) is 0 Å². The van der Waals surface area contributed by atoms with Gasteiger partial charge in [-0.15, -0.1) is 0 Å². The predicted octanol–water partition coefficient (Wildman–Crippen LogP) is 3.26. The van der Waals surface area contributed by atoms with E-state index in [-0.39, 0.29) is 29.3 Å². The molecule has 2 aromatic carbocycles. The lowest BCUT2D eigenvalue weighted by Crippen LogP contribution is -2.03. The van der Waals surface area contributed by atoms with Gasteiger partial charge in [0.1, 0.15) is 12.3 Å². The molecule has 0 amide bonds. The number of benzene rings is 2. The number of Topliss-reactive ketones (excluding diaryl/α,β-unsaturated/α-hetero) is 1. The van der Waals surface area contributed by atoms with Crippen LogP contribution in [-0.2, 0) is 0 Å². The van der Waals surface area contributed by atoms with E-state index in [0.717, 1.165) is 0 Å². The third kappa shape index (κ3) is 3.89. The van der Waals surface area contributed by atoms with Crippen molar-refractivity contribution in [2.75, 3.05) is 6.54 Å². The van der Waals surface area contributed by atoms with E-state index < -0.39 is 4.92 Å². The quantitative estimate of drug-likeness (QED) is 0.396. The maximum Gasteiger partial charge on any atom is 0.270 e. The average Bonchev–Trinajstić information content (AvgIpc) is 2.49. The zero-order chi connectivity index (χ0) is 16.1. The van der Waals surface area contributed by atoms with Gasteiger partial charge >= 0.3 is 0 Å². The smallest absolute Gasteiger partial charge is 0.270 e. The summed E-state index contributed by atoms with van der Waals surface area (Å²) in [6.07, 6.45) is 1.23. The second kappa shape index (κ2) is 6.82. The Hall–Kier alpha value is -2.73. The first-order chi connectivity index (χ1) is 10.5. The minimum atomic E-state index is -0.574. The normalized spacial score (nSPS) is 10.8. The van der Waals surface area contributed by atoms with E-state index in [2.05, 4.69) is 4.99 Å². The van der Waals surface area contributed by atoms with Crippen molar-refractivity contribution < 1.29 is 14.8 Å². The molecule has 6 nitrogen and oxygen atoms in total. The SMILES string of the molecule is O=C(CN=Cc1cc([N+](=O)[O-])ccc1O)c1ccc(Cl)cc1. The molecule has 0 atom stereocenters. The summed E-state index contributed by atoms with van der Waals surface area (Å²) in [4.78, 5) is 25.9. The van der Waals surface area contributed by atoms with E-state index in [9.17, 15) is 20.0 Å². The van der Waals surface area contributed by atoms with Crippen LogP contribution < -0.4 is 0 Å². The zero-order valence-corrected chi connectivity index (χ0v) is 12.0. The highest BCUT2D eigenvalue weighted by atomic mass is 35.5. The summed E-state index contributed by atoms with van der Waals surface area (Å²) in [5, 5.41) is 20.8. The molecule has 112 valence electrons. The van der Waals surface area contributed by atoms with Crippen LogP contribution in [0.15, 0.2) is 47.5 Å². The average molecular weight is 319 g/mol. The fourth-order valence-corrected chi connectivity index (χ4v) is 1.84. The van der Waals surface area contributed by atoms with Gasteiger partial charge < -0.3 is 5.11 Å². The number of phenols is 1. The summed E-state index contributed by atoms with van der Waals surface area (Å²) in [7, 11) is 0. The number of non-ortho nitro benzene ring substituents is 1. The van der Waals surface area contributed by atoms with Gasteiger partial charge in [-0.3, -0.25) is 19.9 Å². The van der Waals surface area contributed by atoms with Crippen LogP contribution in [-0.4, -0.2) is 28.6 Å². The van der Waals surface area contributed by atoms with Crippen LogP contribution in [0, 0.1) is 10.1 Å². The number of ketones is 1. The molecule has 2 rings (SSSR count). The molecule has 0 spiro atoms. The maximum absolute atomic E-state index is 11.9. The zero-order valence-electron chi connectivity index (χ0n) is 11.3. The highest BCUT2D eigenvalue weighted by Gasteiger charge is 2.09. The molecular formula is C15H11ClN2O4. The molecule has 22 heavy (non-hydrogen) atoms. The first-order valence-electron chi connectivity index (χ1n) is 6.23. The fourth-order valence-electron chi connectivity index (χ4n) is 1.71. The Balaban J connectivity index is 2.09. The largest absolute Gasteiger partial charge is 0.507 e. The van der Waals surface area contributed by atoms with E-state index in [4.69, 9.17) is 11.6 Å². The monoisotopic (exact) mass is 318 g/mol. The Labute approximate surface area is 130 Å². The van der Waals surface area contributed by atoms with Crippen molar-refractivity contribution in [3.05, 3.63) is 68.7 Å². The Morgan fingerprint density at radius 1 is 1.27 bits per heavy atom. The van der Waals surface area contributed by atoms with Crippen molar-refractivity contribution in [3.63, 3.8) is 0 Å². The van der Waals surface area contributed by atoms with E-state index in [0.29, 0.717) is 10.6 Å². The topological polar surface area (TPSA) is 92.8 Å². The molecule has 0 saturated carbocycles. The second-order valence-electron chi connectivity index (χ2n) is 4.40. The molecule has 0 aromatic heterocycles. The lowest BCUT2D eigenvalue weighted by Gasteiger charge is -2.00. The van der Waals surface area contributed by atoms with Crippen LogP contribution in [0.2, 0.25) is 5.02 Å². The highest BCUT2D eigenvalue weighted by Crippen LogP contribution is 2.21. The van der Waals surface area contributed by atoms with Crippen molar-refractivity contribution in [2.24, 2.45) is 4.99 Å². The minimum absolute atomic E-state index is 0.135. The Kier molecular flexibility index (Phi) is 4.85. The predicted molar refractivity (Wildman–Crippen MR) is 83.0 cm³/mol. The third-order valence-corrected chi connectivity index (χ3v) is 3.11. The minimum Gasteiger partial charge on any atom is -0.507 e. The van der Waals surface area contributed by atoms with Gasteiger partial charge in [0, 0.05) is 34.5 Å². The van der Waals surface area contributed by atoms with Gasteiger partial charge in [0.25, 0.3) is 5.69 Å². The number of hydrogen-bond donors (Lipinski definition) is 1. The van der Waals surface area contributed by atoms with E-state index in [1.807, 2.05) is 0 Å². The molecule has 0 aliphatic rings. The molecule has 0 aliphatic heterocycles. The van der Waals surface area contributed by atoms with Crippen LogP contribution in [0.1, 0.15) is 15.9 Å². The molecule has 0 heterocycles. The number of nitrogens with zero attached hydrogens (tertiary/aromatic N) is 2. The first-order valence-corrected chi connectivity index (χ1v) is 6.61. The summed E-state index contributed by atoms with van der Waals surface area (Å²) in [5.74, 6) is -0.369. The molecule has 0 saturated heterocycles. The Morgan fingerprint density at radius 2 is 1.95 bits per heavy atom. The van der Waals surface area contributed by atoms with Gasteiger partial charge in [0.05, 0.1) is 4.92 Å². The summed E-state index contributed by atoms with van der Waals surface area (Å²) in [5.41, 5.74) is 0.478. The number of nitro benzene ring substituents is 1. The number of hydrogen-bond acceptors (Lipinski definition) is 5. The molecule has 1 N–H and O–H groups in total. The molecule has 0 aliphatic carbocycles. The molecule has 7 heteroatoms. The number of phenolic OH excluding ortho intramolecular Hbond substituents is 1. The third-order valence-electron chi connectivity index (χ3n) is 2.85. The van der Waals surface area contributed by atoms with Crippen molar-refractivity contribution in [1.82, 2.24) is 0 Å². The molecule has 0 bridgehead atoms. The maximum atomic E-state index is 11.9. The summed E-state index contributed by atoms with van der Waals surface area (Å²) in [6, 6.07) is 9.96. The van der Waals surface area contributed by atoms with Gasteiger partial charge in [-0.2, -0.15) is 0 Å². The number of aromatic hydroxyl groups is 1. The van der Waals surface area contributed by atoms with Crippen LogP contribution in [0.25, 0.3) is 0 Å². The molecule has 0 fully saturated rings. The highest BCUT2D eigenvalue weighted by molar-refractivity contribution is 6.30. The first kappa shape index (κ1) is 15.7. The van der Waals surface area contributed by atoms with E-state index >= 15 is 0 Å². The molecule has 0 unspecified atom stereocenters. The number of carbonyl (C=O) groups excluding carboxylic acids is 1. The van der Waals surface area contributed by atoms with Crippen LogP contribution in [0.5, 0.6) is 5.75 Å². The summed E-state index contributed by atoms with van der Waals surface area (Å²) < 4.78 is 0. The standard InChI is InChI=1S/C15H11ClN2O4/c16-12-3-1-10(2-4-12)15(20)9-17-8-11-7-13(18(21)22)5-6-14(11)19/h1-8,19H,9H2. The van der Waals surface area contributed by atoms with Gasteiger partial charge in [-0.05, 0) is 30.3 Å².